The number of hydrogen-bond donors (Lipinski definition) is 3. The molecule has 0 radical (unpaired) electrons. The van der Waals surface area contributed by atoms with E-state index in [2.05, 4.69) is 15.3 Å². The summed E-state index contributed by atoms with van der Waals surface area (Å²) in [6.07, 6.45) is 0.762. The molecule has 0 aliphatic rings. The van der Waals surface area contributed by atoms with Gasteiger partial charge in [-0.2, -0.15) is 0 Å². The Balaban J connectivity index is 2.33. The lowest BCUT2D eigenvalue weighted by Gasteiger charge is -2.14. The molecule has 0 bridgehead atoms. The van der Waals surface area contributed by atoms with Crippen LogP contribution in [0.3, 0.4) is 0 Å². The molecule has 0 saturated carbocycles. The van der Waals surface area contributed by atoms with E-state index < -0.39 is 24.4 Å². The van der Waals surface area contributed by atoms with Crippen LogP contribution in [0.4, 0.5) is 5.82 Å². The highest BCUT2D eigenvalue weighted by Crippen LogP contribution is 2.19. The van der Waals surface area contributed by atoms with Crippen LogP contribution in [-0.2, 0) is 9.59 Å². The van der Waals surface area contributed by atoms with E-state index in [9.17, 15) is 9.59 Å². The predicted molar refractivity (Wildman–Crippen MR) is 66.8 cm³/mol. The molecular formula is C12H11N3O4. The van der Waals surface area contributed by atoms with Gasteiger partial charge >= 0.3 is 11.9 Å². The molecule has 0 aliphatic heterocycles. The zero-order valence-electron chi connectivity index (χ0n) is 9.78. The van der Waals surface area contributed by atoms with Crippen molar-refractivity contribution in [1.82, 2.24) is 9.97 Å². The SMILES string of the molecule is O=C(O)C[C@@H](Nc1ncnc2ccccc12)C(=O)O. The van der Waals surface area contributed by atoms with Crippen LogP contribution in [0.15, 0.2) is 30.6 Å². The van der Waals surface area contributed by atoms with Gasteiger partial charge < -0.3 is 15.5 Å². The highest BCUT2D eigenvalue weighted by atomic mass is 16.4. The van der Waals surface area contributed by atoms with E-state index in [-0.39, 0.29) is 0 Å². The second kappa shape index (κ2) is 5.30. The lowest BCUT2D eigenvalue weighted by Crippen LogP contribution is -2.32. The highest BCUT2D eigenvalue weighted by Gasteiger charge is 2.21. The first-order valence-corrected chi connectivity index (χ1v) is 5.49. The summed E-state index contributed by atoms with van der Waals surface area (Å²) in [5, 5.41) is 20.9. The van der Waals surface area contributed by atoms with Crippen LogP contribution >= 0.6 is 0 Å². The number of hydrogen-bond acceptors (Lipinski definition) is 5. The topological polar surface area (TPSA) is 112 Å². The minimum absolute atomic E-state index is 0.305. The molecular weight excluding hydrogens is 250 g/mol. The van der Waals surface area contributed by atoms with Gasteiger partial charge in [0.15, 0.2) is 0 Å². The number of nitrogens with one attached hydrogen (secondary N) is 1. The third kappa shape index (κ3) is 2.95. The zero-order valence-corrected chi connectivity index (χ0v) is 9.78. The Morgan fingerprint density at radius 1 is 1.21 bits per heavy atom. The number of aromatic nitrogens is 2. The molecule has 1 atom stereocenters. The van der Waals surface area contributed by atoms with Crippen LogP contribution in [0, 0.1) is 0 Å². The number of rotatable bonds is 5. The molecule has 7 heteroatoms. The number of carboxylic acid groups (broad SMARTS) is 2. The molecule has 98 valence electrons. The summed E-state index contributed by atoms with van der Waals surface area (Å²) in [7, 11) is 0. The van der Waals surface area contributed by atoms with Crippen LogP contribution in [-0.4, -0.2) is 38.2 Å². The maximum absolute atomic E-state index is 11.0. The fraction of sp³-hybridized carbons (Fsp3) is 0.167. The van der Waals surface area contributed by atoms with Gasteiger partial charge in [-0.1, -0.05) is 12.1 Å². The van der Waals surface area contributed by atoms with Crippen molar-refractivity contribution < 1.29 is 19.8 Å². The van der Waals surface area contributed by atoms with Gasteiger partial charge in [0.25, 0.3) is 0 Å². The second-order valence-electron chi connectivity index (χ2n) is 3.87. The largest absolute Gasteiger partial charge is 0.481 e. The summed E-state index contributed by atoms with van der Waals surface area (Å²) in [6.45, 7) is 0. The number of benzene rings is 1. The number of carboxylic acids is 2. The van der Waals surface area contributed by atoms with Crippen LogP contribution in [0.1, 0.15) is 6.42 Å². The Morgan fingerprint density at radius 2 is 1.95 bits per heavy atom. The standard InChI is InChI=1S/C12H11N3O4/c16-10(17)5-9(12(18)19)15-11-7-3-1-2-4-8(7)13-6-14-11/h1-4,6,9H,5H2,(H,16,17)(H,18,19)(H,13,14,15)/t9-/m1/s1. The average Bonchev–Trinajstić information content (AvgIpc) is 2.37. The van der Waals surface area contributed by atoms with Gasteiger partial charge in [-0.3, -0.25) is 4.79 Å². The number of para-hydroxylation sites is 1. The number of aliphatic carboxylic acids is 2. The van der Waals surface area contributed by atoms with E-state index in [1.165, 1.54) is 6.33 Å². The smallest absolute Gasteiger partial charge is 0.326 e. The average molecular weight is 261 g/mol. The molecule has 0 saturated heterocycles. The molecule has 0 fully saturated rings. The lowest BCUT2D eigenvalue weighted by atomic mass is 10.2. The summed E-state index contributed by atoms with van der Waals surface area (Å²) >= 11 is 0. The maximum atomic E-state index is 11.0. The minimum atomic E-state index is -1.25. The van der Waals surface area contributed by atoms with Gasteiger partial charge in [-0.05, 0) is 12.1 Å². The molecule has 0 aliphatic carbocycles. The van der Waals surface area contributed by atoms with Crippen molar-refractivity contribution in [3.8, 4) is 0 Å². The highest BCUT2D eigenvalue weighted by molar-refractivity contribution is 5.91. The molecule has 19 heavy (non-hydrogen) atoms. The summed E-state index contributed by atoms with van der Waals surface area (Å²) in [5.74, 6) is -2.14. The third-order valence-corrected chi connectivity index (χ3v) is 2.53. The zero-order chi connectivity index (χ0) is 13.8. The van der Waals surface area contributed by atoms with E-state index in [1.807, 2.05) is 0 Å². The number of anilines is 1. The number of carbonyl (C=O) groups is 2. The Hall–Kier alpha value is -2.70. The summed E-state index contributed by atoms with van der Waals surface area (Å²) < 4.78 is 0. The molecule has 0 spiro atoms. The Morgan fingerprint density at radius 3 is 2.63 bits per heavy atom. The molecule has 2 rings (SSSR count). The molecule has 1 aromatic heterocycles. The van der Waals surface area contributed by atoms with Crippen molar-refractivity contribution in [2.24, 2.45) is 0 Å². The second-order valence-corrected chi connectivity index (χ2v) is 3.87. The van der Waals surface area contributed by atoms with Crippen molar-refractivity contribution in [1.29, 1.82) is 0 Å². The number of fused-ring (bicyclic) bond motifs is 1. The number of nitrogens with zero attached hydrogens (tertiary/aromatic N) is 2. The fourth-order valence-corrected chi connectivity index (χ4v) is 1.66. The van der Waals surface area contributed by atoms with Crippen LogP contribution < -0.4 is 5.32 Å². The quantitative estimate of drug-likeness (QED) is 0.735. The first kappa shape index (κ1) is 12.7. The van der Waals surface area contributed by atoms with E-state index in [0.717, 1.165) is 0 Å². The molecule has 1 heterocycles. The van der Waals surface area contributed by atoms with E-state index in [0.29, 0.717) is 16.7 Å². The van der Waals surface area contributed by atoms with Crippen LogP contribution in [0.2, 0.25) is 0 Å². The Bertz CT molecular complexity index is 624. The molecule has 0 amide bonds. The maximum Gasteiger partial charge on any atom is 0.326 e. The first-order chi connectivity index (χ1) is 9.08. The summed E-state index contributed by atoms with van der Waals surface area (Å²) in [6, 6.07) is 5.82. The van der Waals surface area contributed by atoms with E-state index in [4.69, 9.17) is 10.2 Å². The van der Waals surface area contributed by atoms with Gasteiger partial charge in [0, 0.05) is 5.39 Å². The third-order valence-electron chi connectivity index (χ3n) is 2.53. The first-order valence-electron chi connectivity index (χ1n) is 5.49. The predicted octanol–water partition coefficient (Wildman–Crippen LogP) is 0.970. The van der Waals surface area contributed by atoms with Crippen LogP contribution in [0.25, 0.3) is 10.9 Å². The van der Waals surface area contributed by atoms with Gasteiger partial charge in [-0.15, -0.1) is 0 Å². The van der Waals surface area contributed by atoms with Crippen molar-refractivity contribution in [2.75, 3.05) is 5.32 Å². The molecule has 1 aromatic carbocycles. The normalized spacial score (nSPS) is 12.0. The van der Waals surface area contributed by atoms with Gasteiger partial charge in [0.2, 0.25) is 0 Å². The van der Waals surface area contributed by atoms with Gasteiger partial charge in [0.05, 0.1) is 11.9 Å². The van der Waals surface area contributed by atoms with E-state index >= 15 is 0 Å². The van der Waals surface area contributed by atoms with Crippen LogP contribution in [0.5, 0.6) is 0 Å². The van der Waals surface area contributed by atoms with Crippen molar-refractivity contribution >= 4 is 28.7 Å². The molecule has 0 unspecified atom stereocenters. The van der Waals surface area contributed by atoms with Crippen molar-refractivity contribution in [3.63, 3.8) is 0 Å². The molecule has 2 aromatic rings. The van der Waals surface area contributed by atoms with Gasteiger partial charge in [-0.25, -0.2) is 14.8 Å². The summed E-state index contributed by atoms with van der Waals surface area (Å²) in [4.78, 5) is 29.6. The van der Waals surface area contributed by atoms with Gasteiger partial charge in [0.1, 0.15) is 18.2 Å². The van der Waals surface area contributed by atoms with Crippen molar-refractivity contribution in [3.05, 3.63) is 30.6 Å². The Labute approximate surface area is 107 Å². The summed E-state index contributed by atoms with van der Waals surface area (Å²) in [5.41, 5.74) is 0.652. The lowest BCUT2D eigenvalue weighted by molar-refractivity contribution is -0.144. The fourth-order valence-electron chi connectivity index (χ4n) is 1.66. The van der Waals surface area contributed by atoms with Crippen molar-refractivity contribution in [2.45, 2.75) is 12.5 Å². The monoisotopic (exact) mass is 261 g/mol. The van der Waals surface area contributed by atoms with E-state index in [1.54, 1.807) is 24.3 Å². The molecule has 3 N–H and O–H groups in total. The molecule has 7 nitrogen and oxygen atoms in total. The minimum Gasteiger partial charge on any atom is -0.481 e. The Kier molecular flexibility index (Phi) is 3.56.